The maximum atomic E-state index is 5.93. The van der Waals surface area contributed by atoms with Gasteiger partial charge >= 0.3 is 0 Å². The zero-order valence-electron chi connectivity index (χ0n) is 9.16. The van der Waals surface area contributed by atoms with Crippen LogP contribution in [0.15, 0.2) is 18.2 Å². The summed E-state index contributed by atoms with van der Waals surface area (Å²) in [5, 5.41) is 0.731. The minimum Gasteiger partial charge on any atom is -0.397 e. The SMILES string of the molecule is CCSCCN(C)c1cc(Cl)ccc1N. The Labute approximate surface area is 101 Å². The molecule has 0 aromatic heterocycles. The molecule has 0 saturated carbocycles. The molecule has 0 aliphatic rings. The first kappa shape index (κ1) is 12.5. The third kappa shape index (κ3) is 3.84. The van der Waals surface area contributed by atoms with Gasteiger partial charge in [0.15, 0.2) is 0 Å². The molecule has 0 saturated heterocycles. The summed E-state index contributed by atoms with van der Waals surface area (Å²) in [6.45, 7) is 3.15. The first-order valence-corrected chi connectivity index (χ1v) is 6.52. The topological polar surface area (TPSA) is 29.3 Å². The van der Waals surface area contributed by atoms with E-state index in [-0.39, 0.29) is 0 Å². The van der Waals surface area contributed by atoms with Crippen LogP contribution in [0.4, 0.5) is 11.4 Å². The quantitative estimate of drug-likeness (QED) is 0.638. The van der Waals surface area contributed by atoms with Gasteiger partial charge in [0.05, 0.1) is 11.4 Å². The van der Waals surface area contributed by atoms with E-state index in [0.29, 0.717) is 0 Å². The fourth-order valence-corrected chi connectivity index (χ4v) is 2.17. The summed E-state index contributed by atoms with van der Waals surface area (Å²) in [6, 6.07) is 5.57. The number of rotatable bonds is 5. The third-order valence-corrected chi connectivity index (χ3v) is 3.29. The molecule has 0 amide bonds. The highest BCUT2D eigenvalue weighted by Gasteiger charge is 2.05. The molecule has 0 heterocycles. The van der Waals surface area contributed by atoms with Gasteiger partial charge < -0.3 is 10.6 Å². The van der Waals surface area contributed by atoms with Gasteiger partial charge in [0.2, 0.25) is 0 Å². The van der Waals surface area contributed by atoms with Gasteiger partial charge in [-0.15, -0.1) is 0 Å². The van der Waals surface area contributed by atoms with Crippen LogP contribution in [0, 0.1) is 0 Å². The van der Waals surface area contributed by atoms with Gasteiger partial charge in [-0.25, -0.2) is 0 Å². The predicted molar refractivity (Wildman–Crippen MR) is 72.1 cm³/mol. The summed E-state index contributed by atoms with van der Waals surface area (Å²) in [5.41, 5.74) is 7.68. The molecule has 1 rings (SSSR count). The number of benzene rings is 1. The maximum absolute atomic E-state index is 5.93. The van der Waals surface area contributed by atoms with Crippen molar-refractivity contribution in [3.63, 3.8) is 0 Å². The Morgan fingerprint density at radius 2 is 2.20 bits per heavy atom. The van der Waals surface area contributed by atoms with E-state index in [0.717, 1.165) is 34.4 Å². The van der Waals surface area contributed by atoms with Crippen molar-refractivity contribution in [2.75, 3.05) is 35.7 Å². The summed E-state index contributed by atoms with van der Waals surface area (Å²) >= 11 is 7.86. The largest absolute Gasteiger partial charge is 0.397 e. The molecule has 1 aromatic carbocycles. The van der Waals surface area contributed by atoms with E-state index in [9.17, 15) is 0 Å². The fourth-order valence-electron chi connectivity index (χ4n) is 1.31. The molecule has 0 atom stereocenters. The lowest BCUT2D eigenvalue weighted by Crippen LogP contribution is -2.21. The maximum Gasteiger partial charge on any atom is 0.0612 e. The minimum atomic E-state index is 0.731. The zero-order chi connectivity index (χ0) is 11.3. The van der Waals surface area contributed by atoms with E-state index in [4.69, 9.17) is 17.3 Å². The number of nitrogen functional groups attached to an aromatic ring is 1. The van der Waals surface area contributed by atoms with Crippen molar-refractivity contribution in [3.8, 4) is 0 Å². The average molecular weight is 245 g/mol. The van der Waals surface area contributed by atoms with Crippen molar-refractivity contribution < 1.29 is 0 Å². The molecular formula is C11H17ClN2S. The van der Waals surface area contributed by atoms with Crippen LogP contribution in [-0.2, 0) is 0 Å². The van der Waals surface area contributed by atoms with E-state index in [1.165, 1.54) is 0 Å². The van der Waals surface area contributed by atoms with Crippen LogP contribution in [0.2, 0.25) is 5.02 Å². The molecule has 2 N–H and O–H groups in total. The van der Waals surface area contributed by atoms with Crippen LogP contribution < -0.4 is 10.6 Å². The molecular weight excluding hydrogens is 228 g/mol. The van der Waals surface area contributed by atoms with Gasteiger partial charge in [0.1, 0.15) is 0 Å². The Hall–Kier alpha value is -0.540. The zero-order valence-corrected chi connectivity index (χ0v) is 10.7. The smallest absolute Gasteiger partial charge is 0.0612 e. The minimum absolute atomic E-state index is 0.731. The van der Waals surface area contributed by atoms with E-state index in [1.54, 1.807) is 0 Å². The lowest BCUT2D eigenvalue weighted by atomic mass is 10.2. The number of nitrogens with two attached hydrogens (primary N) is 1. The summed E-state index contributed by atoms with van der Waals surface area (Å²) in [7, 11) is 2.04. The monoisotopic (exact) mass is 244 g/mol. The van der Waals surface area contributed by atoms with Crippen molar-refractivity contribution in [1.82, 2.24) is 0 Å². The van der Waals surface area contributed by atoms with Gasteiger partial charge in [-0.1, -0.05) is 18.5 Å². The van der Waals surface area contributed by atoms with E-state index in [1.807, 2.05) is 37.0 Å². The lowest BCUT2D eigenvalue weighted by molar-refractivity contribution is 0.979. The third-order valence-electron chi connectivity index (χ3n) is 2.18. The lowest BCUT2D eigenvalue weighted by Gasteiger charge is -2.20. The number of nitrogens with zero attached hydrogens (tertiary/aromatic N) is 1. The fraction of sp³-hybridized carbons (Fsp3) is 0.455. The molecule has 0 unspecified atom stereocenters. The molecule has 0 fully saturated rings. The molecule has 1 aromatic rings. The molecule has 0 aliphatic carbocycles. The summed E-state index contributed by atoms with van der Waals surface area (Å²) in [4.78, 5) is 2.14. The first-order chi connectivity index (χ1) is 7.15. The first-order valence-electron chi connectivity index (χ1n) is 4.99. The Bertz CT molecular complexity index is 317. The Morgan fingerprint density at radius 3 is 2.87 bits per heavy atom. The van der Waals surface area contributed by atoms with Crippen LogP contribution in [0.5, 0.6) is 0 Å². The second-order valence-corrected chi connectivity index (χ2v) is 5.15. The number of halogens is 1. The van der Waals surface area contributed by atoms with E-state index >= 15 is 0 Å². The van der Waals surface area contributed by atoms with Gasteiger partial charge in [-0.2, -0.15) is 11.8 Å². The highest BCUT2D eigenvalue weighted by atomic mass is 35.5. The van der Waals surface area contributed by atoms with Crippen molar-refractivity contribution >= 4 is 34.7 Å². The average Bonchev–Trinajstić information content (AvgIpc) is 2.22. The molecule has 84 valence electrons. The van der Waals surface area contributed by atoms with E-state index in [2.05, 4.69) is 11.8 Å². The van der Waals surface area contributed by atoms with Gasteiger partial charge in [-0.3, -0.25) is 0 Å². The second kappa shape index (κ2) is 6.13. The molecule has 4 heteroatoms. The van der Waals surface area contributed by atoms with Crippen LogP contribution >= 0.6 is 23.4 Å². The number of thioether (sulfide) groups is 1. The number of hydrogen-bond acceptors (Lipinski definition) is 3. The number of hydrogen-bond donors (Lipinski definition) is 1. The van der Waals surface area contributed by atoms with Gasteiger partial charge in [0, 0.05) is 24.4 Å². The van der Waals surface area contributed by atoms with Crippen LogP contribution in [0.3, 0.4) is 0 Å². The Morgan fingerprint density at radius 1 is 1.47 bits per heavy atom. The molecule has 0 aliphatic heterocycles. The summed E-state index contributed by atoms with van der Waals surface area (Å²) < 4.78 is 0. The van der Waals surface area contributed by atoms with Crippen molar-refractivity contribution in [1.29, 1.82) is 0 Å². The standard InChI is InChI=1S/C11H17ClN2S/c1-3-15-7-6-14(2)11-8-9(12)4-5-10(11)13/h4-5,8H,3,6-7,13H2,1-2H3. The molecule has 15 heavy (non-hydrogen) atoms. The Kier molecular flexibility index (Phi) is 5.12. The summed E-state index contributed by atoms with van der Waals surface area (Å²) in [5.74, 6) is 2.26. The number of anilines is 2. The highest BCUT2D eigenvalue weighted by molar-refractivity contribution is 7.99. The van der Waals surface area contributed by atoms with Crippen LogP contribution in [-0.4, -0.2) is 25.1 Å². The van der Waals surface area contributed by atoms with E-state index < -0.39 is 0 Å². The predicted octanol–water partition coefficient (Wildman–Crippen LogP) is 3.11. The second-order valence-electron chi connectivity index (χ2n) is 3.32. The van der Waals surface area contributed by atoms with Crippen LogP contribution in [0.25, 0.3) is 0 Å². The van der Waals surface area contributed by atoms with Crippen molar-refractivity contribution in [3.05, 3.63) is 23.2 Å². The normalized spacial score (nSPS) is 10.3. The molecule has 0 spiro atoms. The van der Waals surface area contributed by atoms with Gasteiger partial charge in [0.25, 0.3) is 0 Å². The molecule has 0 bridgehead atoms. The van der Waals surface area contributed by atoms with Gasteiger partial charge in [-0.05, 0) is 24.0 Å². The molecule has 2 nitrogen and oxygen atoms in total. The summed E-state index contributed by atoms with van der Waals surface area (Å²) in [6.07, 6.45) is 0. The van der Waals surface area contributed by atoms with Crippen molar-refractivity contribution in [2.24, 2.45) is 0 Å². The molecule has 0 radical (unpaired) electrons. The Balaban J connectivity index is 2.64. The highest BCUT2D eigenvalue weighted by Crippen LogP contribution is 2.26. The van der Waals surface area contributed by atoms with Crippen molar-refractivity contribution in [2.45, 2.75) is 6.92 Å². The van der Waals surface area contributed by atoms with Crippen LogP contribution in [0.1, 0.15) is 6.92 Å².